The van der Waals surface area contributed by atoms with Crippen LogP contribution in [0.5, 0.6) is 5.75 Å². The van der Waals surface area contributed by atoms with Gasteiger partial charge in [-0.25, -0.2) is 0 Å². The van der Waals surface area contributed by atoms with Crippen LogP contribution in [-0.4, -0.2) is 6.61 Å². The lowest BCUT2D eigenvalue weighted by Crippen LogP contribution is -2.20. The van der Waals surface area contributed by atoms with Crippen molar-refractivity contribution < 1.29 is 4.74 Å². The van der Waals surface area contributed by atoms with Gasteiger partial charge in [0.15, 0.2) is 0 Å². The molecule has 3 heteroatoms. The molecule has 1 atom stereocenters. The highest BCUT2D eigenvalue weighted by atomic mass is 35.5. The number of hydrogen-bond acceptors (Lipinski definition) is 2. The van der Waals surface area contributed by atoms with Crippen molar-refractivity contribution in [3.63, 3.8) is 0 Å². The molecule has 1 aliphatic rings. The van der Waals surface area contributed by atoms with Crippen LogP contribution in [0.15, 0.2) is 36.4 Å². The van der Waals surface area contributed by atoms with Gasteiger partial charge >= 0.3 is 0 Å². The molecule has 0 aromatic heterocycles. The van der Waals surface area contributed by atoms with E-state index in [-0.39, 0.29) is 18.4 Å². The van der Waals surface area contributed by atoms with E-state index < -0.39 is 0 Å². The van der Waals surface area contributed by atoms with E-state index in [9.17, 15) is 0 Å². The van der Waals surface area contributed by atoms with E-state index in [0.29, 0.717) is 0 Å². The van der Waals surface area contributed by atoms with Gasteiger partial charge in [-0.1, -0.05) is 36.4 Å². The van der Waals surface area contributed by atoms with Gasteiger partial charge in [-0.15, -0.1) is 12.4 Å². The first-order valence-electron chi connectivity index (χ1n) is 5.26. The Morgan fingerprint density at radius 3 is 2.81 bits per heavy atom. The molecule has 0 fully saturated rings. The van der Waals surface area contributed by atoms with Crippen LogP contribution < -0.4 is 10.5 Å². The molecule has 0 spiro atoms. The lowest BCUT2D eigenvalue weighted by atomic mass is 9.97. The van der Waals surface area contributed by atoms with Crippen LogP contribution in [0.3, 0.4) is 0 Å². The largest absolute Gasteiger partial charge is 0.493 e. The first-order valence-corrected chi connectivity index (χ1v) is 5.26. The Morgan fingerprint density at radius 2 is 1.94 bits per heavy atom. The van der Waals surface area contributed by atoms with E-state index in [1.807, 2.05) is 12.1 Å². The Morgan fingerprint density at radius 1 is 1.12 bits per heavy atom. The van der Waals surface area contributed by atoms with Crippen molar-refractivity contribution in [3.05, 3.63) is 42.0 Å². The lowest BCUT2D eigenvalue weighted by molar-refractivity contribution is 0.272. The molecule has 0 bridgehead atoms. The second-order valence-corrected chi connectivity index (χ2v) is 3.95. The smallest absolute Gasteiger partial charge is 0.131 e. The first kappa shape index (κ1) is 11.2. The highest BCUT2D eigenvalue weighted by Crippen LogP contribution is 2.36. The summed E-state index contributed by atoms with van der Waals surface area (Å²) in [4.78, 5) is 0. The maximum Gasteiger partial charge on any atom is 0.131 e. The molecular formula is C13H14ClNO. The lowest BCUT2D eigenvalue weighted by Gasteiger charge is -2.24. The standard InChI is InChI=1S/C13H13NO.ClH/c14-12-7-8-15-13-10-4-2-1-3-9(10)5-6-11(12)13;/h1-6,12H,7-8,14H2;1H/t12-;/m0./s1. The second kappa shape index (κ2) is 4.32. The minimum Gasteiger partial charge on any atom is -0.493 e. The van der Waals surface area contributed by atoms with Crippen LogP contribution >= 0.6 is 12.4 Å². The zero-order valence-corrected chi connectivity index (χ0v) is 9.67. The molecule has 2 aromatic rings. The quantitative estimate of drug-likeness (QED) is 0.762. The van der Waals surface area contributed by atoms with Crippen molar-refractivity contribution in [2.24, 2.45) is 5.73 Å². The number of benzene rings is 2. The van der Waals surface area contributed by atoms with Crippen molar-refractivity contribution in [2.45, 2.75) is 12.5 Å². The van der Waals surface area contributed by atoms with Gasteiger partial charge in [0, 0.05) is 23.4 Å². The summed E-state index contributed by atoms with van der Waals surface area (Å²) in [6, 6.07) is 12.6. The normalized spacial score (nSPS) is 18.4. The fourth-order valence-corrected chi connectivity index (χ4v) is 2.16. The van der Waals surface area contributed by atoms with Crippen molar-refractivity contribution in [1.82, 2.24) is 0 Å². The van der Waals surface area contributed by atoms with Crippen LogP contribution in [-0.2, 0) is 0 Å². The molecule has 1 aliphatic heterocycles. The van der Waals surface area contributed by atoms with Gasteiger partial charge < -0.3 is 10.5 Å². The molecule has 0 unspecified atom stereocenters. The summed E-state index contributed by atoms with van der Waals surface area (Å²) in [5.74, 6) is 0.979. The molecule has 0 amide bonds. The third-order valence-corrected chi connectivity index (χ3v) is 2.98. The molecule has 3 rings (SSSR count). The Labute approximate surface area is 101 Å². The number of rotatable bonds is 0. The summed E-state index contributed by atoms with van der Waals surface area (Å²) in [6.07, 6.45) is 0.908. The van der Waals surface area contributed by atoms with Gasteiger partial charge in [-0.05, 0) is 5.39 Å². The monoisotopic (exact) mass is 235 g/mol. The molecule has 2 aromatic carbocycles. The van der Waals surface area contributed by atoms with E-state index in [1.54, 1.807) is 0 Å². The molecule has 84 valence electrons. The van der Waals surface area contributed by atoms with Crippen molar-refractivity contribution in [2.75, 3.05) is 6.61 Å². The van der Waals surface area contributed by atoms with E-state index >= 15 is 0 Å². The Bertz CT molecular complexity index is 512. The SMILES string of the molecule is Cl.N[C@H]1CCOc2c1ccc1ccccc21. The molecule has 2 nitrogen and oxygen atoms in total. The van der Waals surface area contributed by atoms with Crippen LogP contribution in [0.1, 0.15) is 18.0 Å². The van der Waals surface area contributed by atoms with Gasteiger partial charge in [0.1, 0.15) is 5.75 Å². The highest BCUT2D eigenvalue weighted by molar-refractivity contribution is 5.89. The van der Waals surface area contributed by atoms with E-state index in [2.05, 4.69) is 24.3 Å². The Hall–Kier alpha value is -1.25. The fourth-order valence-electron chi connectivity index (χ4n) is 2.16. The zero-order chi connectivity index (χ0) is 10.3. The van der Waals surface area contributed by atoms with Gasteiger partial charge in [0.2, 0.25) is 0 Å². The van der Waals surface area contributed by atoms with Crippen molar-refractivity contribution in [1.29, 1.82) is 0 Å². The predicted octanol–water partition coefficient (Wildman–Crippen LogP) is 3.04. The first-order chi connectivity index (χ1) is 7.36. The summed E-state index contributed by atoms with van der Waals surface area (Å²) in [5, 5.41) is 2.38. The average molecular weight is 236 g/mol. The van der Waals surface area contributed by atoms with Crippen LogP contribution in [0.25, 0.3) is 10.8 Å². The van der Waals surface area contributed by atoms with E-state index in [0.717, 1.165) is 24.3 Å². The van der Waals surface area contributed by atoms with Gasteiger partial charge in [-0.3, -0.25) is 0 Å². The molecule has 16 heavy (non-hydrogen) atoms. The van der Waals surface area contributed by atoms with Gasteiger partial charge in [-0.2, -0.15) is 0 Å². The fraction of sp³-hybridized carbons (Fsp3) is 0.231. The number of hydrogen-bond donors (Lipinski definition) is 1. The number of fused-ring (bicyclic) bond motifs is 3. The average Bonchev–Trinajstić information content (AvgIpc) is 2.29. The van der Waals surface area contributed by atoms with Crippen LogP contribution in [0.4, 0.5) is 0 Å². The minimum atomic E-state index is 0. The molecule has 0 radical (unpaired) electrons. The minimum absolute atomic E-state index is 0. The third kappa shape index (κ3) is 1.64. The Kier molecular flexibility index (Phi) is 3.03. The molecule has 0 aliphatic carbocycles. The molecule has 1 heterocycles. The van der Waals surface area contributed by atoms with Crippen LogP contribution in [0, 0.1) is 0 Å². The topological polar surface area (TPSA) is 35.2 Å². The molecular weight excluding hydrogens is 222 g/mol. The summed E-state index contributed by atoms with van der Waals surface area (Å²) < 4.78 is 5.73. The molecule has 2 N–H and O–H groups in total. The summed E-state index contributed by atoms with van der Waals surface area (Å²) in [7, 11) is 0. The molecule has 0 saturated carbocycles. The predicted molar refractivity (Wildman–Crippen MR) is 68.2 cm³/mol. The van der Waals surface area contributed by atoms with Crippen LogP contribution in [0.2, 0.25) is 0 Å². The van der Waals surface area contributed by atoms with Crippen molar-refractivity contribution in [3.8, 4) is 5.75 Å². The maximum absolute atomic E-state index is 6.06. The highest BCUT2D eigenvalue weighted by Gasteiger charge is 2.19. The summed E-state index contributed by atoms with van der Waals surface area (Å²) in [6.45, 7) is 0.724. The number of ether oxygens (including phenoxy) is 1. The summed E-state index contributed by atoms with van der Waals surface area (Å²) >= 11 is 0. The van der Waals surface area contributed by atoms with Gasteiger partial charge in [0.25, 0.3) is 0 Å². The Balaban J connectivity index is 0.000000963. The van der Waals surface area contributed by atoms with Gasteiger partial charge in [0.05, 0.1) is 6.61 Å². The van der Waals surface area contributed by atoms with E-state index in [1.165, 1.54) is 10.8 Å². The second-order valence-electron chi connectivity index (χ2n) is 3.95. The zero-order valence-electron chi connectivity index (χ0n) is 8.85. The number of nitrogens with two attached hydrogens (primary N) is 1. The van der Waals surface area contributed by atoms with E-state index in [4.69, 9.17) is 10.5 Å². The molecule has 0 saturated heterocycles. The summed E-state index contributed by atoms with van der Waals surface area (Å²) in [5.41, 5.74) is 7.20. The maximum atomic E-state index is 6.06. The third-order valence-electron chi connectivity index (χ3n) is 2.98. The van der Waals surface area contributed by atoms with Crippen molar-refractivity contribution >= 4 is 23.2 Å². The number of halogens is 1.